The lowest BCUT2D eigenvalue weighted by Gasteiger charge is -2.25. The number of carbonyl (C=O) groups is 2. The molecule has 25 heavy (non-hydrogen) atoms. The molecular weight excluding hydrogens is 318 g/mol. The topological polar surface area (TPSA) is 70.5 Å². The molecule has 1 aromatic heterocycles. The van der Waals surface area contributed by atoms with Crippen molar-refractivity contribution in [3.8, 4) is 0 Å². The predicted octanol–water partition coefficient (Wildman–Crippen LogP) is 2.02. The van der Waals surface area contributed by atoms with Crippen LogP contribution in [0.25, 0.3) is 0 Å². The monoisotopic (exact) mass is 341 g/mol. The molecule has 0 unspecified atom stereocenters. The Morgan fingerprint density at radius 3 is 2.72 bits per heavy atom. The summed E-state index contributed by atoms with van der Waals surface area (Å²) in [5.74, 6) is 0.450. The number of aromatic nitrogens is 2. The fourth-order valence-electron chi connectivity index (χ4n) is 3.03. The number of likely N-dealkylation sites (N-methyl/N-ethyl adjacent to an activating group) is 1. The van der Waals surface area contributed by atoms with Gasteiger partial charge in [0.15, 0.2) is 5.82 Å². The molecule has 132 valence electrons. The molecular formula is C18H23N5O2. The lowest BCUT2D eigenvalue weighted by molar-refractivity contribution is -0.132. The zero-order valence-corrected chi connectivity index (χ0v) is 14.6. The molecule has 1 saturated heterocycles. The van der Waals surface area contributed by atoms with Crippen LogP contribution < -0.4 is 5.32 Å². The smallest absolute Gasteiger partial charge is 0.323 e. The summed E-state index contributed by atoms with van der Waals surface area (Å²) in [6.45, 7) is 1.23. The summed E-state index contributed by atoms with van der Waals surface area (Å²) >= 11 is 0. The largest absolute Gasteiger partial charge is 0.347 e. The molecule has 3 rings (SSSR count). The number of benzene rings is 1. The molecule has 3 amide bonds. The van der Waals surface area contributed by atoms with Gasteiger partial charge in [0, 0.05) is 32.9 Å². The molecule has 1 aromatic carbocycles. The Hall–Kier alpha value is -2.83. The molecule has 1 aliphatic heterocycles. The van der Waals surface area contributed by atoms with Crippen molar-refractivity contribution >= 4 is 17.8 Å². The first-order valence-corrected chi connectivity index (χ1v) is 8.41. The summed E-state index contributed by atoms with van der Waals surface area (Å²) in [4.78, 5) is 27.8. The van der Waals surface area contributed by atoms with Crippen LogP contribution in [0.2, 0.25) is 0 Å². The second-order valence-electron chi connectivity index (χ2n) is 6.40. The third-order valence-corrected chi connectivity index (χ3v) is 4.30. The van der Waals surface area contributed by atoms with E-state index in [9.17, 15) is 9.59 Å². The van der Waals surface area contributed by atoms with Gasteiger partial charge in [-0.1, -0.05) is 30.3 Å². The zero-order chi connectivity index (χ0) is 17.8. The molecule has 0 radical (unpaired) electrons. The van der Waals surface area contributed by atoms with E-state index in [1.54, 1.807) is 29.7 Å². The maximum atomic E-state index is 12.5. The Bertz CT molecular complexity index is 741. The van der Waals surface area contributed by atoms with Gasteiger partial charge in [0.2, 0.25) is 5.91 Å². The lowest BCUT2D eigenvalue weighted by atomic mass is 10.2. The van der Waals surface area contributed by atoms with E-state index in [2.05, 4.69) is 10.4 Å². The van der Waals surface area contributed by atoms with E-state index in [0.717, 1.165) is 12.0 Å². The van der Waals surface area contributed by atoms with Crippen LogP contribution >= 0.6 is 0 Å². The molecule has 1 aliphatic rings. The molecule has 0 bridgehead atoms. The van der Waals surface area contributed by atoms with Crippen LogP contribution in [0, 0.1) is 0 Å². The van der Waals surface area contributed by atoms with Gasteiger partial charge in [-0.3, -0.25) is 14.8 Å². The van der Waals surface area contributed by atoms with Gasteiger partial charge in [-0.05, 0) is 18.4 Å². The lowest BCUT2D eigenvalue weighted by Crippen LogP contribution is -2.47. The van der Waals surface area contributed by atoms with E-state index in [-0.39, 0.29) is 18.0 Å². The number of nitrogens with one attached hydrogen (secondary N) is 1. The normalized spacial score (nSPS) is 16.7. The van der Waals surface area contributed by atoms with Gasteiger partial charge in [-0.25, -0.2) is 4.79 Å². The highest BCUT2D eigenvalue weighted by atomic mass is 16.2. The molecule has 1 fully saturated rings. The number of rotatable bonds is 4. The minimum absolute atomic E-state index is 0.0396. The number of carbonyl (C=O) groups excluding carboxylic acids is 2. The number of nitrogens with zero attached hydrogens (tertiary/aromatic N) is 4. The first-order chi connectivity index (χ1) is 12.0. The van der Waals surface area contributed by atoms with E-state index in [4.69, 9.17) is 0 Å². The van der Waals surface area contributed by atoms with Gasteiger partial charge in [0.25, 0.3) is 0 Å². The predicted molar refractivity (Wildman–Crippen MR) is 95.2 cm³/mol. The van der Waals surface area contributed by atoms with Crippen molar-refractivity contribution in [1.82, 2.24) is 19.6 Å². The summed E-state index contributed by atoms with van der Waals surface area (Å²) in [5.41, 5.74) is 1.14. The first kappa shape index (κ1) is 17.0. The van der Waals surface area contributed by atoms with Crippen LogP contribution in [0.15, 0.2) is 42.6 Å². The standard InChI is InChI=1S/C18H23N5O2/c1-21(2)17(24)15-9-6-11-23(15)18(25)19-16-10-12-22(20-16)13-14-7-4-3-5-8-14/h3-5,7-8,10,12,15H,6,9,11,13H2,1-2H3,(H,19,20,25)/t15-/m0/s1. The molecule has 2 aromatic rings. The highest BCUT2D eigenvalue weighted by Gasteiger charge is 2.35. The summed E-state index contributed by atoms with van der Waals surface area (Å²) in [6, 6.07) is 11.1. The van der Waals surface area contributed by atoms with Crippen molar-refractivity contribution in [3.63, 3.8) is 0 Å². The quantitative estimate of drug-likeness (QED) is 0.925. The van der Waals surface area contributed by atoms with Crippen LogP contribution in [-0.4, -0.2) is 58.2 Å². The van der Waals surface area contributed by atoms with Gasteiger partial charge in [-0.2, -0.15) is 5.10 Å². The first-order valence-electron chi connectivity index (χ1n) is 8.41. The van der Waals surface area contributed by atoms with Crippen LogP contribution in [0.4, 0.5) is 10.6 Å². The van der Waals surface area contributed by atoms with Crippen molar-refractivity contribution in [3.05, 3.63) is 48.2 Å². The number of hydrogen-bond donors (Lipinski definition) is 1. The fourth-order valence-corrected chi connectivity index (χ4v) is 3.03. The Labute approximate surface area is 147 Å². The number of likely N-dealkylation sites (tertiary alicyclic amines) is 1. The molecule has 7 heteroatoms. The molecule has 0 aliphatic carbocycles. The summed E-state index contributed by atoms with van der Waals surface area (Å²) < 4.78 is 1.78. The molecule has 1 atom stereocenters. The number of urea groups is 1. The molecule has 1 N–H and O–H groups in total. The third kappa shape index (κ3) is 3.99. The van der Waals surface area contributed by atoms with Gasteiger partial charge in [-0.15, -0.1) is 0 Å². The Morgan fingerprint density at radius 2 is 2.00 bits per heavy atom. The van der Waals surface area contributed by atoms with E-state index in [1.807, 2.05) is 36.5 Å². The Balaban J connectivity index is 1.62. The van der Waals surface area contributed by atoms with Gasteiger partial charge in [0.1, 0.15) is 6.04 Å². The summed E-state index contributed by atoms with van der Waals surface area (Å²) in [7, 11) is 3.42. The molecule has 2 heterocycles. The van der Waals surface area contributed by atoms with Crippen molar-refractivity contribution in [2.24, 2.45) is 0 Å². The van der Waals surface area contributed by atoms with Gasteiger partial charge < -0.3 is 9.80 Å². The minimum atomic E-state index is -0.388. The molecule has 0 saturated carbocycles. The van der Waals surface area contributed by atoms with Crippen LogP contribution in [0.3, 0.4) is 0 Å². The van der Waals surface area contributed by atoms with E-state index >= 15 is 0 Å². The van der Waals surface area contributed by atoms with Crippen molar-refractivity contribution < 1.29 is 9.59 Å². The van der Waals surface area contributed by atoms with Crippen molar-refractivity contribution in [2.75, 3.05) is 26.0 Å². The number of amides is 3. The third-order valence-electron chi connectivity index (χ3n) is 4.30. The molecule has 0 spiro atoms. The average molecular weight is 341 g/mol. The number of hydrogen-bond acceptors (Lipinski definition) is 3. The molecule has 7 nitrogen and oxygen atoms in total. The fraction of sp³-hybridized carbons (Fsp3) is 0.389. The maximum Gasteiger partial charge on any atom is 0.323 e. The second kappa shape index (κ2) is 7.38. The van der Waals surface area contributed by atoms with Gasteiger partial charge >= 0.3 is 6.03 Å². The Kier molecular flexibility index (Phi) is 5.02. The van der Waals surface area contributed by atoms with Crippen LogP contribution in [0.1, 0.15) is 18.4 Å². The number of anilines is 1. The van der Waals surface area contributed by atoms with E-state index in [0.29, 0.717) is 25.3 Å². The van der Waals surface area contributed by atoms with E-state index in [1.165, 1.54) is 4.90 Å². The summed E-state index contributed by atoms with van der Waals surface area (Å²) in [6.07, 6.45) is 3.36. The Morgan fingerprint density at radius 1 is 1.24 bits per heavy atom. The maximum absolute atomic E-state index is 12.5. The second-order valence-corrected chi connectivity index (χ2v) is 6.40. The average Bonchev–Trinajstić information content (AvgIpc) is 3.24. The minimum Gasteiger partial charge on any atom is -0.347 e. The summed E-state index contributed by atoms with van der Waals surface area (Å²) in [5, 5.41) is 7.18. The van der Waals surface area contributed by atoms with Crippen molar-refractivity contribution in [1.29, 1.82) is 0 Å². The van der Waals surface area contributed by atoms with E-state index < -0.39 is 0 Å². The SMILES string of the molecule is CN(C)C(=O)[C@@H]1CCCN1C(=O)Nc1ccn(Cc2ccccc2)n1. The van der Waals surface area contributed by atoms with Crippen LogP contribution in [-0.2, 0) is 11.3 Å². The van der Waals surface area contributed by atoms with Gasteiger partial charge in [0.05, 0.1) is 6.54 Å². The van der Waals surface area contributed by atoms with Crippen LogP contribution in [0.5, 0.6) is 0 Å². The highest BCUT2D eigenvalue weighted by Crippen LogP contribution is 2.20. The van der Waals surface area contributed by atoms with Crippen molar-refractivity contribution in [2.45, 2.75) is 25.4 Å². The zero-order valence-electron chi connectivity index (χ0n) is 14.6. The highest BCUT2D eigenvalue weighted by molar-refractivity contribution is 5.93.